The summed E-state index contributed by atoms with van der Waals surface area (Å²) < 4.78 is 66.3. The van der Waals surface area contributed by atoms with Crippen molar-refractivity contribution in [2.75, 3.05) is 36.0 Å². The summed E-state index contributed by atoms with van der Waals surface area (Å²) >= 11 is 3.16. The lowest BCUT2D eigenvalue weighted by atomic mass is 10.1. The number of benzene rings is 4. The van der Waals surface area contributed by atoms with Crippen LogP contribution < -0.4 is 18.9 Å². The van der Waals surface area contributed by atoms with Crippen LogP contribution in [0.5, 0.6) is 0 Å². The number of hydrogen-bond acceptors (Lipinski definition) is 14. The first-order chi connectivity index (χ1) is 27.5. The van der Waals surface area contributed by atoms with Crippen molar-refractivity contribution in [3.05, 3.63) is 130 Å². The summed E-state index contributed by atoms with van der Waals surface area (Å²) in [7, 11) is -4.58. The van der Waals surface area contributed by atoms with Crippen LogP contribution in [0.1, 0.15) is 22.3 Å². The molecule has 0 spiro atoms. The molecule has 6 aromatic rings. The Labute approximate surface area is 347 Å². The second-order valence-corrected chi connectivity index (χ2v) is 17.9. The Morgan fingerprint density at radius 1 is 0.534 bits per heavy atom. The Balaban J connectivity index is 0.000000236. The minimum absolute atomic E-state index is 0.178. The molecular weight excluding hydrogens is 817 g/mol. The largest absolute Gasteiger partial charge is 0.744 e. The van der Waals surface area contributed by atoms with Gasteiger partial charge in [0.15, 0.2) is 0 Å². The van der Waals surface area contributed by atoms with Crippen LogP contribution in [0.2, 0.25) is 0 Å². The van der Waals surface area contributed by atoms with E-state index in [1.807, 2.05) is 60.2 Å². The second kappa shape index (κ2) is 19.5. The van der Waals surface area contributed by atoms with E-state index in [-0.39, 0.29) is 9.79 Å². The van der Waals surface area contributed by atoms with Crippen molar-refractivity contribution in [2.24, 2.45) is 34.6 Å². The lowest BCUT2D eigenvalue weighted by Gasteiger charge is -2.37. The third-order valence-electron chi connectivity index (χ3n) is 9.00. The minimum Gasteiger partial charge on any atom is -0.744 e. The number of azo groups is 2. The Hall–Kier alpha value is -5.24. The van der Waals surface area contributed by atoms with Crippen LogP contribution in [-0.2, 0) is 34.3 Å². The summed E-state index contributed by atoms with van der Waals surface area (Å²) in [6.07, 6.45) is 3.98. The zero-order valence-corrected chi connectivity index (χ0v) is 36.1. The molecule has 18 heteroatoms. The van der Waals surface area contributed by atoms with Gasteiger partial charge in [-0.25, -0.2) is 26.0 Å². The first-order valence-corrected chi connectivity index (χ1v) is 22.5. The number of thiazole rings is 2. The molecule has 3 heterocycles. The molecule has 0 bridgehead atoms. The number of rotatable bonds is 8. The van der Waals surface area contributed by atoms with Gasteiger partial charge in [-0.3, -0.25) is 0 Å². The highest BCUT2D eigenvalue weighted by atomic mass is 32.2. The van der Waals surface area contributed by atoms with E-state index in [4.69, 9.17) is 0 Å². The lowest BCUT2D eigenvalue weighted by Crippen LogP contribution is -2.46. The zero-order chi connectivity index (χ0) is 42.0. The highest BCUT2D eigenvalue weighted by Gasteiger charge is 2.19. The van der Waals surface area contributed by atoms with E-state index in [0.717, 1.165) is 70.1 Å². The predicted octanol–water partition coefficient (Wildman–Crippen LogP) is 8.03. The maximum atomic E-state index is 10.4. The topological polar surface area (TPSA) is 178 Å². The van der Waals surface area contributed by atoms with E-state index >= 15 is 0 Å². The molecule has 1 saturated heterocycles. The Bertz CT molecular complexity index is 2420. The lowest BCUT2D eigenvalue weighted by molar-refractivity contribution is -0.654. The predicted molar refractivity (Wildman–Crippen MR) is 224 cm³/mol. The van der Waals surface area contributed by atoms with Crippen LogP contribution in [0, 0.1) is 27.7 Å². The smallest absolute Gasteiger partial charge is 0.408 e. The van der Waals surface area contributed by atoms with Gasteiger partial charge in [-0.05, 0) is 132 Å². The molecular formula is C40H44N8O6S4. The summed E-state index contributed by atoms with van der Waals surface area (Å²) in [5, 5.41) is 23.5. The molecule has 0 unspecified atom stereocenters. The van der Waals surface area contributed by atoms with E-state index in [2.05, 4.69) is 80.5 Å². The van der Waals surface area contributed by atoms with Crippen LogP contribution in [0.25, 0.3) is 0 Å². The number of anilines is 2. The number of aromatic nitrogens is 2. The van der Waals surface area contributed by atoms with Gasteiger partial charge in [0, 0.05) is 48.3 Å². The highest BCUT2D eigenvalue weighted by Crippen LogP contribution is 2.30. The van der Waals surface area contributed by atoms with Crippen LogP contribution in [0.4, 0.5) is 33.0 Å². The number of nitrogens with zero attached hydrogens (tertiary/aromatic N) is 8. The fourth-order valence-corrected chi connectivity index (χ4v) is 7.87. The maximum Gasteiger partial charge on any atom is 0.408 e. The van der Waals surface area contributed by atoms with Gasteiger partial charge in [0.25, 0.3) is 0 Å². The number of aryl methyl sites for hydroxylation is 6. The summed E-state index contributed by atoms with van der Waals surface area (Å²) in [6, 6.07) is 24.5. The van der Waals surface area contributed by atoms with Gasteiger partial charge in [0.05, 0.1) is 34.1 Å². The molecule has 0 radical (unpaired) electrons. The van der Waals surface area contributed by atoms with Gasteiger partial charge in [-0.1, -0.05) is 35.4 Å². The van der Waals surface area contributed by atoms with E-state index in [9.17, 15) is 25.9 Å². The van der Waals surface area contributed by atoms with Gasteiger partial charge in [-0.15, -0.1) is 0 Å². The van der Waals surface area contributed by atoms with Crippen LogP contribution in [0.15, 0.2) is 138 Å². The van der Waals surface area contributed by atoms with Crippen molar-refractivity contribution < 1.29 is 35.1 Å². The van der Waals surface area contributed by atoms with Gasteiger partial charge < -0.3 is 18.9 Å². The van der Waals surface area contributed by atoms with Gasteiger partial charge >= 0.3 is 10.3 Å². The normalized spacial score (nSPS) is 13.3. The van der Waals surface area contributed by atoms with Gasteiger partial charge in [0.2, 0.25) is 0 Å². The summed E-state index contributed by atoms with van der Waals surface area (Å²) in [6.45, 7) is 11.7. The average molecular weight is 861 g/mol. The summed E-state index contributed by atoms with van der Waals surface area (Å²) in [5.74, 6) is 0. The molecule has 14 nitrogen and oxygen atoms in total. The van der Waals surface area contributed by atoms with Crippen molar-refractivity contribution >= 4 is 75.9 Å². The fourth-order valence-electron chi connectivity index (χ4n) is 5.57. The molecule has 4 aromatic carbocycles. The zero-order valence-electron chi connectivity index (χ0n) is 32.9. The minimum atomic E-state index is -4.27. The van der Waals surface area contributed by atoms with E-state index < -0.39 is 20.2 Å². The molecule has 304 valence electrons. The molecule has 0 saturated carbocycles. The molecule has 1 aliphatic heterocycles. The molecule has 1 aliphatic rings. The Kier molecular flexibility index (Phi) is 14.7. The van der Waals surface area contributed by atoms with E-state index in [0.29, 0.717) is 0 Å². The average Bonchev–Trinajstić information content (AvgIpc) is 3.80. The number of hydrogen-bond donors (Lipinski definition) is 0. The van der Waals surface area contributed by atoms with Gasteiger partial charge in [-0.2, -0.15) is 0 Å². The fraction of sp³-hybridized carbons (Fsp3) is 0.250. The van der Waals surface area contributed by atoms with E-state index in [1.165, 1.54) is 35.6 Å². The molecule has 1 fully saturated rings. The standard InChI is InChI=1S/C26H30N8S2.2C7H8O3S/c1-19-17-21(5-7-23(19)27-29-25-31(3)13-15-35-25)33-9-11-34(12-10-33)22-6-8-24(20(2)18-22)28-30-26-32(4)14-16-36-26;2*1-6-2-4-7(5-3-6)11(8,9)10/h5-8,13-18H,9-12H2,1-4H3;2*2-5H,1H3,(H,8,9,10)/q+2;;/p-2. The number of piperazine rings is 1. The third kappa shape index (κ3) is 12.4. The first-order valence-electron chi connectivity index (χ1n) is 17.9. The van der Waals surface area contributed by atoms with Crippen molar-refractivity contribution in [3.63, 3.8) is 0 Å². The SMILES string of the molecule is Cc1cc(N2CCN(c3ccc(N=Nc4scc[n+]4C)c(C)c3)CC2)ccc1N=Nc1scc[n+]1C.Cc1ccc(S(=O)(=O)[O-])cc1.Cc1ccc(S(=O)(=O)[O-])cc1. The van der Waals surface area contributed by atoms with Crippen LogP contribution in [-0.4, -0.2) is 52.1 Å². The molecule has 0 amide bonds. The molecule has 58 heavy (non-hydrogen) atoms. The van der Waals surface area contributed by atoms with Crippen molar-refractivity contribution in [1.29, 1.82) is 0 Å². The van der Waals surface area contributed by atoms with Gasteiger partial charge in [0.1, 0.15) is 44.0 Å². The van der Waals surface area contributed by atoms with E-state index in [1.54, 1.807) is 46.9 Å². The highest BCUT2D eigenvalue weighted by molar-refractivity contribution is 7.86. The quantitative estimate of drug-likeness (QED) is 0.0839. The summed E-state index contributed by atoms with van der Waals surface area (Å²) in [5.41, 5.74) is 8.42. The van der Waals surface area contributed by atoms with Crippen molar-refractivity contribution in [1.82, 2.24) is 0 Å². The first kappa shape index (κ1) is 43.9. The van der Waals surface area contributed by atoms with Crippen LogP contribution in [0.3, 0.4) is 0 Å². The maximum absolute atomic E-state index is 10.4. The molecule has 2 aromatic heterocycles. The second-order valence-electron chi connectivity index (χ2n) is 13.4. The summed E-state index contributed by atoms with van der Waals surface area (Å²) in [4.78, 5) is 4.53. The Morgan fingerprint density at radius 3 is 1.16 bits per heavy atom. The van der Waals surface area contributed by atoms with Crippen molar-refractivity contribution in [2.45, 2.75) is 37.5 Å². The Morgan fingerprint density at radius 2 is 0.879 bits per heavy atom. The third-order valence-corrected chi connectivity index (χ3v) is 12.4. The van der Waals surface area contributed by atoms with Crippen LogP contribution >= 0.6 is 22.7 Å². The molecule has 7 rings (SSSR count). The van der Waals surface area contributed by atoms with Crippen molar-refractivity contribution in [3.8, 4) is 0 Å². The molecule has 0 N–H and O–H groups in total. The molecule has 0 aliphatic carbocycles. The molecule has 0 atom stereocenters. The monoisotopic (exact) mass is 860 g/mol.